The maximum absolute atomic E-state index is 12.7. The van der Waals surface area contributed by atoms with E-state index in [9.17, 15) is 4.79 Å². The van der Waals surface area contributed by atoms with Gasteiger partial charge < -0.3 is 10.2 Å². The molecule has 4 heteroatoms. The first-order chi connectivity index (χ1) is 9.08. The van der Waals surface area contributed by atoms with E-state index in [1.165, 1.54) is 0 Å². The third-order valence-electron chi connectivity index (χ3n) is 4.43. The van der Waals surface area contributed by atoms with Gasteiger partial charge in [0.05, 0.1) is 0 Å². The van der Waals surface area contributed by atoms with Gasteiger partial charge in [0.2, 0.25) is 0 Å². The molecule has 1 aromatic carbocycles. The van der Waals surface area contributed by atoms with Gasteiger partial charge >= 0.3 is 0 Å². The molecule has 1 N–H and O–H groups in total. The Labute approximate surface area is 118 Å². The number of likely N-dealkylation sites (tertiary alicyclic amines) is 1. The van der Waals surface area contributed by atoms with Crippen molar-refractivity contribution in [1.29, 1.82) is 0 Å². The first-order valence-electron chi connectivity index (χ1n) is 6.87. The maximum Gasteiger partial charge on any atom is 0.254 e. The number of hydrogen-bond donors (Lipinski definition) is 1. The van der Waals surface area contributed by atoms with Gasteiger partial charge in [-0.3, -0.25) is 4.79 Å². The molecule has 0 aromatic heterocycles. The monoisotopic (exact) mass is 278 g/mol. The Balaban J connectivity index is 1.88. The van der Waals surface area contributed by atoms with Crippen molar-refractivity contribution in [2.45, 2.75) is 32.4 Å². The molecule has 3 atom stereocenters. The van der Waals surface area contributed by atoms with Crippen LogP contribution in [0, 0.1) is 12.8 Å². The minimum Gasteiger partial charge on any atom is -0.331 e. The van der Waals surface area contributed by atoms with E-state index in [2.05, 4.69) is 12.2 Å². The molecule has 2 aliphatic rings. The Kier molecular flexibility index (Phi) is 3.27. The highest BCUT2D eigenvalue weighted by atomic mass is 35.5. The maximum atomic E-state index is 12.7. The molecular formula is C15H19ClN2O. The SMILES string of the molecule is Cc1ccc(C(=O)N2C(C)CC3CNCC32)cc1Cl. The highest BCUT2D eigenvalue weighted by molar-refractivity contribution is 6.31. The van der Waals surface area contributed by atoms with Crippen LogP contribution in [-0.2, 0) is 0 Å². The zero-order valence-corrected chi connectivity index (χ0v) is 12.1. The quantitative estimate of drug-likeness (QED) is 0.856. The van der Waals surface area contributed by atoms with Crippen LogP contribution >= 0.6 is 11.6 Å². The van der Waals surface area contributed by atoms with Crippen LogP contribution in [0.4, 0.5) is 0 Å². The highest BCUT2D eigenvalue weighted by Crippen LogP contribution is 2.33. The molecule has 1 amide bonds. The average molecular weight is 279 g/mol. The second-order valence-electron chi connectivity index (χ2n) is 5.75. The minimum atomic E-state index is 0.116. The minimum absolute atomic E-state index is 0.116. The normalized spacial score (nSPS) is 29.6. The van der Waals surface area contributed by atoms with Crippen molar-refractivity contribution in [3.8, 4) is 0 Å². The first-order valence-corrected chi connectivity index (χ1v) is 7.25. The lowest BCUT2D eigenvalue weighted by molar-refractivity contribution is 0.0682. The summed E-state index contributed by atoms with van der Waals surface area (Å²) in [6, 6.07) is 6.26. The van der Waals surface area contributed by atoms with Crippen LogP contribution in [0.15, 0.2) is 18.2 Å². The number of carbonyl (C=O) groups is 1. The Morgan fingerprint density at radius 1 is 1.42 bits per heavy atom. The standard InChI is InChI=1S/C15H19ClN2O/c1-9-3-4-11(6-13(9)16)15(19)18-10(2)5-12-7-17-8-14(12)18/h3-4,6,10,12,14,17H,5,7-8H2,1-2H3. The number of aryl methyl sites for hydroxylation is 1. The van der Waals surface area contributed by atoms with E-state index in [1.807, 2.05) is 24.0 Å². The molecule has 0 radical (unpaired) electrons. The smallest absolute Gasteiger partial charge is 0.254 e. The van der Waals surface area contributed by atoms with Crippen LogP contribution in [-0.4, -0.2) is 36.0 Å². The number of benzene rings is 1. The number of amides is 1. The van der Waals surface area contributed by atoms with E-state index in [1.54, 1.807) is 6.07 Å². The van der Waals surface area contributed by atoms with Crippen LogP contribution in [0.5, 0.6) is 0 Å². The van der Waals surface area contributed by atoms with Crippen LogP contribution in [0.3, 0.4) is 0 Å². The largest absolute Gasteiger partial charge is 0.331 e. The highest BCUT2D eigenvalue weighted by Gasteiger charge is 2.44. The lowest BCUT2D eigenvalue weighted by Crippen LogP contribution is -2.42. The number of fused-ring (bicyclic) bond motifs is 1. The summed E-state index contributed by atoms with van der Waals surface area (Å²) in [5.41, 5.74) is 1.71. The molecule has 102 valence electrons. The third-order valence-corrected chi connectivity index (χ3v) is 4.84. The van der Waals surface area contributed by atoms with Gasteiger partial charge in [-0.1, -0.05) is 17.7 Å². The van der Waals surface area contributed by atoms with Gasteiger partial charge in [-0.05, 0) is 43.9 Å². The van der Waals surface area contributed by atoms with Gasteiger partial charge in [0.1, 0.15) is 0 Å². The summed E-state index contributed by atoms with van der Waals surface area (Å²) in [4.78, 5) is 14.8. The summed E-state index contributed by atoms with van der Waals surface area (Å²) in [5.74, 6) is 0.727. The molecule has 3 unspecified atom stereocenters. The average Bonchev–Trinajstić information content (AvgIpc) is 2.91. The van der Waals surface area contributed by atoms with Gasteiger partial charge in [0.15, 0.2) is 0 Å². The molecule has 0 saturated carbocycles. The zero-order valence-electron chi connectivity index (χ0n) is 11.3. The van der Waals surface area contributed by atoms with Gasteiger partial charge in [0, 0.05) is 35.8 Å². The third kappa shape index (κ3) is 2.15. The lowest BCUT2D eigenvalue weighted by atomic mass is 10.0. The molecule has 2 saturated heterocycles. The number of rotatable bonds is 1. The van der Waals surface area contributed by atoms with E-state index in [-0.39, 0.29) is 5.91 Å². The molecule has 2 heterocycles. The number of nitrogens with zero attached hydrogens (tertiary/aromatic N) is 1. The predicted molar refractivity (Wildman–Crippen MR) is 76.6 cm³/mol. The summed E-state index contributed by atoms with van der Waals surface area (Å²) in [6.45, 7) is 6.05. The van der Waals surface area contributed by atoms with Crippen molar-refractivity contribution >= 4 is 17.5 Å². The van der Waals surface area contributed by atoms with Gasteiger partial charge in [-0.25, -0.2) is 0 Å². The fourth-order valence-electron chi connectivity index (χ4n) is 3.39. The zero-order chi connectivity index (χ0) is 13.6. The van der Waals surface area contributed by atoms with Crippen molar-refractivity contribution in [1.82, 2.24) is 10.2 Å². The van der Waals surface area contributed by atoms with E-state index >= 15 is 0 Å². The van der Waals surface area contributed by atoms with Crippen molar-refractivity contribution in [2.75, 3.05) is 13.1 Å². The number of carbonyl (C=O) groups excluding carboxylic acids is 1. The topological polar surface area (TPSA) is 32.3 Å². The van der Waals surface area contributed by atoms with Crippen LogP contribution < -0.4 is 5.32 Å². The summed E-state index contributed by atoms with van der Waals surface area (Å²) in [7, 11) is 0. The number of hydrogen-bond acceptors (Lipinski definition) is 2. The predicted octanol–water partition coefficient (Wildman–Crippen LogP) is 2.47. The molecule has 0 spiro atoms. The second-order valence-corrected chi connectivity index (χ2v) is 6.15. The van der Waals surface area contributed by atoms with Crippen molar-refractivity contribution < 1.29 is 4.79 Å². The molecule has 19 heavy (non-hydrogen) atoms. The molecule has 2 aliphatic heterocycles. The van der Waals surface area contributed by atoms with Crippen LogP contribution in [0.25, 0.3) is 0 Å². The summed E-state index contributed by atoms with van der Waals surface area (Å²) in [5, 5.41) is 4.05. The van der Waals surface area contributed by atoms with Crippen molar-refractivity contribution in [3.05, 3.63) is 34.3 Å². The van der Waals surface area contributed by atoms with Crippen molar-refractivity contribution in [3.63, 3.8) is 0 Å². The second kappa shape index (κ2) is 4.80. The molecule has 1 aromatic rings. The Morgan fingerprint density at radius 2 is 2.21 bits per heavy atom. The lowest BCUT2D eigenvalue weighted by Gasteiger charge is -2.27. The van der Waals surface area contributed by atoms with Gasteiger partial charge in [-0.15, -0.1) is 0 Å². The summed E-state index contributed by atoms with van der Waals surface area (Å²) >= 11 is 6.13. The van der Waals surface area contributed by atoms with Gasteiger partial charge in [0.25, 0.3) is 5.91 Å². The van der Waals surface area contributed by atoms with E-state index < -0.39 is 0 Å². The Hall–Kier alpha value is -1.06. The molecular weight excluding hydrogens is 260 g/mol. The molecule has 2 fully saturated rings. The molecule has 3 nitrogen and oxygen atoms in total. The Morgan fingerprint density at radius 3 is 2.95 bits per heavy atom. The van der Waals surface area contributed by atoms with Crippen molar-refractivity contribution in [2.24, 2.45) is 5.92 Å². The summed E-state index contributed by atoms with van der Waals surface area (Å²) in [6.07, 6.45) is 1.10. The van der Waals surface area contributed by atoms with Gasteiger partial charge in [-0.2, -0.15) is 0 Å². The van der Waals surface area contributed by atoms with E-state index in [0.29, 0.717) is 28.6 Å². The molecule has 0 bridgehead atoms. The van der Waals surface area contributed by atoms with Crippen LogP contribution in [0.2, 0.25) is 5.02 Å². The molecule has 0 aliphatic carbocycles. The first kappa shape index (κ1) is 12.9. The summed E-state index contributed by atoms with van der Waals surface area (Å²) < 4.78 is 0. The van der Waals surface area contributed by atoms with Crippen LogP contribution in [0.1, 0.15) is 29.3 Å². The Bertz CT molecular complexity index is 517. The number of nitrogens with one attached hydrogen (secondary N) is 1. The fourth-order valence-corrected chi connectivity index (χ4v) is 3.57. The van der Waals surface area contributed by atoms with E-state index in [0.717, 1.165) is 25.1 Å². The van der Waals surface area contributed by atoms with E-state index in [4.69, 9.17) is 11.6 Å². The molecule has 3 rings (SSSR count). The number of halogens is 1. The fraction of sp³-hybridized carbons (Fsp3) is 0.533.